The topological polar surface area (TPSA) is 35.5 Å². The number of rotatable bonds is 2. The van der Waals surface area contributed by atoms with Crippen molar-refractivity contribution in [3.05, 3.63) is 28.8 Å². The van der Waals surface area contributed by atoms with Gasteiger partial charge in [0.1, 0.15) is 5.75 Å². The summed E-state index contributed by atoms with van der Waals surface area (Å²) < 4.78 is 0. The third-order valence-corrected chi connectivity index (χ3v) is 3.19. The van der Waals surface area contributed by atoms with E-state index in [1.807, 2.05) is 13.0 Å². The summed E-state index contributed by atoms with van der Waals surface area (Å²) in [5, 5.41) is 13.3. The molecule has 2 N–H and O–H groups in total. The second-order valence-corrected chi connectivity index (χ2v) is 4.61. The van der Waals surface area contributed by atoms with Crippen LogP contribution in [0.1, 0.15) is 16.7 Å². The zero-order valence-corrected chi connectivity index (χ0v) is 10.1. The van der Waals surface area contributed by atoms with Crippen LogP contribution in [0.4, 0.5) is 0 Å². The Morgan fingerprint density at radius 2 is 1.94 bits per heavy atom. The molecule has 0 aromatic heterocycles. The van der Waals surface area contributed by atoms with Gasteiger partial charge in [0.05, 0.1) is 0 Å². The van der Waals surface area contributed by atoms with Gasteiger partial charge in [0.25, 0.3) is 0 Å². The number of aromatic hydroxyl groups is 1. The average molecular weight is 220 g/mol. The van der Waals surface area contributed by atoms with E-state index < -0.39 is 0 Å². The maximum absolute atomic E-state index is 9.96. The molecule has 3 heteroatoms. The normalized spacial score (nSPS) is 17.6. The minimum absolute atomic E-state index is 0.441. The van der Waals surface area contributed by atoms with Gasteiger partial charge < -0.3 is 10.4 Å². The van der Waals surface area contributed by atoms with E-state index in [0.717, 1.165) is 43.9 Å². The predicted molar refractivity (Wildman–Crippen MR) is 65.7 cm³/mol. The van der Waals surface area contributed by atoms with Gasteiger partial charge in [-0.2, -0.15) is 0 Å². The highest BCUT2D eigenvalue weighted by atomic mass is 16.3. The van der Waals surface area contributed by atoms with Crippen molar-refractivity contribution in [2.45, 2.75) is 20.4 Å². The SMILES string of the molecule is Cc1cc(C)c(CN2CCNCC2)c(O)c1. The van der Waals surface area contributed by atoms with Crippen LogP contribution in [-0.2, 0) is 6.54 Å². The molecule has 1 fully saturated rings. The second kappa shape index (κ2) is 4.85. The molecule has 0 unspecified atom stereocenters. The molecule has 1 aromatic carbocycles. The van der Waals surface area contributed by atoms with Crippen LogP contribution in [0, 0.1) is 13.8 Å². The minimum Gasteiger partial charge on any atom is -0.508 e. The lowest BCUT2D eigenvalue weighted by molar-refractivity contribution is 0.230. The first-order valence-electron chi connectivity index (χ1n) is 5.89. The lowest BCUT2D eigenvalue weighted by Gasteiger charge is -2.28. The van der Waals surface area contributed by atoms with Gasteiger partial charge in [-0.3, -0.25) is 4.90 Å². The first-order chi connectivity index (χ1) is 7.66. The van der Waals surface area contributed by atoms with E-state index in [9.17, 15) is 5.11 Å². The summed E-state index contributed by atoms with van der Waals surface area (Å²) in [6, 6.07) is 3.99. The molecule has 3 nitrogen and oxygen atoms in total. The number of hydrogen-bond donors (Lipinski definition) is 2. The van der Waals surface area contributed by atoms with Crippen molar-refractivity contribution in [2.75, 3.05) is 26.2 Å². The number of benzene rings is 1. The van der Waals surface area contributed by atoms with E-state index in [0.29, 0.717) is 5.75 Å². The van der Waals surface area contributed by atoms with E-state index in [1.54, 1.807) is 0 Å². The van der Waals surface area contributed by atoms with E-state index in [1.165, 1.54) is 5.56 Å². The lowest BCUT2D eigenvalue weighted by atomic mass is 10.0. The molecule has 2 rings (SSSR count). The van der Waals surface area contributed by atoms with Gasteiger partial charge in [0.2, 0.25) is 0 Å². The molecule has 0 spiro atoms. The highest BCUT2D eigenvalue weighted by Gasteiger charge is 2.13. The van der Waals surface area contributed by atoms with Gasteiger partial charge in [0.15, 0.2) is 0 Å². The third kappa shape index (κ3) is 2.54. The number of piperazine rings is 1. The van der Waals surface area contributed by atoms with Crippen molar-refractivity contribution in [1.82, 2.24) is 10.2 Å². The van der Waals surface area contributed by atoms with E-state index in [4.69, 9.17) is 0 Å². The quantitative estimate of drug-likeness (QED) is 0.791. The van der Waals surface area contributed by atoms with Crippen LogP contribution >= 0.6 is 0 Å². The van der Waals surface area contributed by atoms with Crippen molar-refractivity contribution >= 4 is 0 Å². The van der Waals surface area contributed by atoms with E-state index in [2.05, 4.69) is 23.2 Å². The summed E-state index contributed by atoms with van der Waals surface area (Å²) >= 11 is 0. The first-order valence-corrected chi connectivity index (χ1v) is 5.89. The molecule has 0 radical (unpaired) electrons. The molecular formula is C13H20N2O. The Balaban J connectivity index is 2.14. The Morgan fingerprint density at radius 3 is 2.56 bits per heavy atom. The van der Waals surface area contributed by atoms with E-state index in [-0.39, 0.29) is 0 Å². The van der Waals surface area contributed by atoms with Crippen LogP contribution in [0.25, 0.3) is 0 Å². The van der Waals surface area contributed by atoms with Crippen molar-refractivity contribution < 1.29 is 5.11 Å². The standard InChI is InChI=1S/C13H20N2O/c1-10-7-11(2)12(13(16)8-10)9-15-5-3-14-4-6-15/h7-8,14,16H,3-6,9H2,1-2H3. The first kappa shape index (κ1) is 11.4. The highest BCUT2D eigenvalue weighted by Crippen LogP contribution is 2.24. The fourth-order valence-electron chi connectivity index (χ4n) is 2.27. The molecule has 16 heavy (non-hydrogen) atoms. The molecular weight excluding hydrogens is 200 g/mol. The molecule has 0 amide bonds. The summed E-state index contributed by atoms with van der Waals surface area (Å²) in [6.45, 7) is 9.17. The monoisotopic (exact) mass is 220 g/mol. The second-order valence-electron chi connectivity index (χ2n) is 4.61. The lowest BCUT2D eigenvalue weighted by Crippen LogP contribution is -2.43. The molecule has 0 aliphatic carbocycles. The smallest absolute Gasteiger partial charge is 0.120 e. The number of phenols is 1. The fourth-order valence-corrected chi connectivity index (χ4v) is 2.27. The summed E-state index contributed by atoms with van der Waals surface area (Å²) in [4.78, 5) is 2.38. The van der Waals surface area contributed by atoms with Crippen molar-refractivity contribution in [3.63, 3.8) is 0 Å². The van der Waals surface area contributed by atoms with Crippen LogP contribution < -0.4 is 5.32 Å². The van der Waals surface area contributed by atoms with Crippen molar-refractivity contribution in [3.8, 4) is 5.75 Å². The molecule has 1 saturated heterocycles. The van der Waals surface area contributed by atoms with Crippen LogP contribution in [-0.4, -0.2) is 36.2 Å². The average Bonchev–Trinajstić information content (AvgIpc) is 2.25. The summed E-state index contributed by atoms with van der Waals surface area (Å²) in [7, 11) is 0. The predicted octanol–water partition coefficient (Wildman–Crippen LogP) is 1.41. The van der Waals surface area contributed by atoms with Crippen LogP contribution in [0.5, 0.6) is 5.75 Å². The van der Waals surface area contributed by atoms with Gasteiger partial charge in [-0.25, -0.2) is 0 Å². The maximum Gasteiger partial charge on any atom is 0.120 e. The molecule has 1 heterocycles. The van der Waals surface area contributed by atoms with Crippen molar-refractivity contribution in [2.24, 2.45) is 0 Å². The number of nitrogens with one attached hydrogen (secondary N) is 1. The Bertz CT molecular complexity index is 347. The van der Waals surface area contributed by atoms with Crippen molar-refractivity contribution in [1.29, 1.82) is 0 Å². The zero-order chi connectivity index (χ0) is 11.5. The van der Waals surface area contributed by atoms with Crippen LogP contribution in [0.3, 0.4) is 0 Å². The fraction of sp³-hybridized carbons (Fsp3) is 0.538. The van der Waals surface area contributed by atoms with Gasteiger partial charge in [-0.1, -0.05) is 6.07 Å². The summed E-state index contributed by atoms with van der Waals surface area (Å²) in [5.41, 5.74) is 3.39. The molecule has 0 saturated carbocycles. The summed E-state index contributed by atoms with van der Waals surface area (Å²) in [6.07, 6.45) is 0. The maximum atomic E-state index is 9.96. The molecule has 0 bridgehead atoms. The number of hydrogen-bond acceptors (Lipinski definition) is 3. The number of nitrogens with zero attached hydrogens (tertiary/aromatic N) is 1. The Morgan fingerprint density at radius 1 is 1.25 bits per heavy atom. The Hall–Kier alpha value is -1.06. The largest absolute Gasteiger partial charge is 0.508 e. The summed E-state index contributed by atoms with van der Waals surface area (Å²) in [5.74, 6) is 0.441. The Kier molecular flexibility index (Phi) is 3.46. The highest BCUT2D eigenvalue weighted by molar-refractivity contribution is 5.41. The number of phenolic OH excluding ortho intramolecular Hbond substituents is 1. The number of aryl methyl sites for hydroxylation is 2. The molecule has 1 aliphatic rings. The molecule has 1 aliphatic heterocycles. The van der Waals surface area contributed by atoms with Gasteiger partial charge in [-0.15, -0.1) is 0 Å². The van der Waals surface area contributed by atoms with Gasteiger partial charge in [0, 0.05) is 38.3 Å². The van der Waals surface area contributed by atoms with Crippen LogP contribution in [0.15, 0.2) is 12.1 Å². The zero-order valence-electron chi connectivity index (χ0n) is 10.1. The van der Waals surface area contributed by atoms with Crippen LogP contribution in [0.2, 0.25) is 0 Å². The molecule has 88 valence electrons. The minimum atomic E-state index is 0.441. The van der Waals surface area contributed by atoms with Gasteiger partial charge in [-0.05, 0) is 31.0 Å². The van der Waals surface area contributed by atoms with Gasteiger partial charge >= 0.3 is 0 Å². The van der Waals surface area contributed by atoms with E-state index >= 15 is 0 Å². The molecule has 0 atom stereocenters. The molecule has 1 aromatic rings. The Labute approximate surface area is 97.1 Å². The third-order valence-electron chi connectivity index (χ3n) is 3.19.